The fourth-order valence-electron chi connectivity index (χ4n) is 2.73. The molecule has 108 valence electrons. The van der Waals surface area contributed by atoms with E-state index in [0.717, 1.165) is 0 Å². The molecule has 3 aromatic rings. The molecular weight excluding hydrogens is 287 g/mol. The molecule has 0 amide bonds. The number of halogens is 2. The minimum Gasteiger partial charge on any atom is -0.379 e. The van der Waals surface area contributed by atoms with E-state index in [0.29, 0.717) is 17.3 Å². The maximum absolute atomic E-state index is 13.4. The van der Waals surface area contributed by atoms with Crippen LogP contribution >= 0.6 is 11.6 Å². The molecule has 1 aromatic heterocycles. The number of fused-ring (bicyclic) bond motifs is 1. The van der Waals surface area contributed by atoms with Crippen molar-refractivity contribution in [3.63, 3.8) is 0 Å². The molecule has 21 heavy (non-hydrogen) atoms. The molecule has 0 saturated carbocycles. The van der Waals surface area contributed by atoms with Gasteiger partial charge in [-0.25, -0.2) is 4.39 Å². The Kier molecular flexibility index (Phi) is 3.60. The second-order valence-corrected chi connectivity index (χ2v) is 5.60. The maximum Gasteiger partial charge on any atom is 0.126 e. The molecule has 4 heteroatoms. The number of benzene rings is 2. The smallest absolute Gasteiger partial charge is 0.126 e. The minimum absolute atomic E-state index is 0.334. The number of para-hydroxylation sites is 1. The highest BCUT2D eigenvalue weighted by atomic mass is 35.5. The van der Waals surface area contributed by atoms with E-state index in [1.54, 1.807) is 6.07 Å². The zero-order valence-electron chi connectivity index (χ0n) is 12.0. The number of rotatable bonds is 3. The van der Waals surface area contributed by atoms with Crippen LogP contribution in [0.3, 0.4) is 0 Å². The molecule has 1 heterocycles. The first-order valence-electron chi connectivity index (χ1n) is 6.79. The summed E-state index contributed by atoms with van der Waals surface area (Å²) in [5.74, 6) is -0.334. The van der Waals surface area contributed by atoms with Gasteiger partial charge in [-0.1, -0.05) is 29.8 Å². The van der Waals surface area contributed by atoms with E-state index in [1.165, 1.54) is 34.3 Å². The molecule has 1 N–H and O–H groups in total. The number of nitrogens with zero attached hydrogens (tertiary/aromatic N) is 1. The molecule has 0 unspecified atom stereocenters. The van der Waals surface area contributed by atoms with Crippen molar-refractivity contribution in [1.29, 1.82) is 0 Å². The van der Waals surface area contributed by atoms with Gasteiger partial charge in [0.05, 0.1) is 6.54 Å². The first-order valence-corrected chi connectivity index (χ1v) is 7.17. The lowest BCUT2D eigenvalue weighted by molar-refractivity contribution is 0.628. The van der Waals surface area contributed by atoms with Gasteiger partial charge in [0, 0.05) is 34.4 Å². The summed E-state index contributed by atoms with van der Waals surface area (Å²) in [4.78, 5) is 0. The van der Waals surface area contributed by atoms with Crippen LogP contribution in [0.2, 0.25) is 5.02 Å². The van der Waals surface area contributed by atoms with E-state index in [9.17, 15) is 4.39 Å². The van der Waals surface area contributed by atoms with Gasteiger partial charge >= 0.3 is 0 Å². The summed E-state index contributed by atoms with van der Waals surface area (Å²) >= 11 is 5.87. The van der Waals surface area contributed by atoms with E-state index in [-0.39, 0.29) is 5.82 Å². The van der Waals surface area contributed by atoms with Crippen LogP contribution in [0.5, 0.6) is 0 Å². The number of anilines is 1. The monoisotopic (exact) mass is 302 g/mol. The summed E-state index contributed by atoms with van der Waals surface area (Å²) in [5.41, 5.74) is 4.30. The fraction of sp³-hybridized carbons (Fsp3) is 0.176. The molecule has 0 saturated heterocycles. The van der Waals surface area contributed by atoms with Gasteiger partial charge < -0.3 is 9.88 Å². The summed E-state index contributed by atoms with van der Waals surface area (Å²) in [6.07, 6.45) is 0. The first-order chi connectivity index (χ1) is 10.1. The molecular formula is C17H16ClFN2. The Morgan fingerprint density at radius 1 is 1.19 bits per heavy atom. The molecule has 0 spiro atoms. The minimum atomic E-state index is -0.334. The Labute approximate surface area is 128 Å². The van der Waals surface area contributed by atoms with Gasteiger partial charge in [0.2, 0.25) is 0 Å². The van der Waals surface area contributed by atoms with Crippen LogP contribution in [-0.4, -0.2) is 4.57 Å². The lowest BCUT2D eigenvalue weighted by Crippen LogP contribution is -2.06. The second-order valence-electron chi connectivity index (χ2n) is 5.16. The van der Waals surface area contributed by atoms with Crippen molar-refractivity contribution in [3.05, 3.63) is 64.6 Å². The Morgan fingerprint density at radius 3 is 2.67 bits per heavy atom. The highest BCUT2D eigenvalue weighted by molar-refractivity contribution is 6.30. The molecule has 0 fully saturated rings. The van der Waals surface area contributed by atoms with Crippen LogP contribution in [0, 0.1) is 12.7 Å². The van der Waals surface area contributed by atoms with Crippen molar-refractivity contribution in [2.24, 2.45) is 7.05 Å². The quantitative estimate of drug-likeness (QED) is 0.729. The van der Waals surface area contributed by atoms with E-state index < -0.39 is 0 Å². The molecule has 0 bridgehead atoms. The topological polar surface area (TPSA) is 17.0 Å². The predicted octanol–water partition coefficient (Wildman–Crippen LogP) is 4.89. The SMILES string of the molecule is Cc1c(CNc2cc(F)cc(Cl)c2)n(C)c2ccccc12. The first kappa shape index (κ1) is 14.0. The highest BCUT2D eigenvalue weighted by Crippen LogP contribution is 2.25. The number of aryl methyl sites for hydroxylation is 2. The van der Waals surface area contributed by atoms with E-state index >= 15 is 0 Å². The summed E-state index contributed by atoms with van der Waals surface area (Å²) in [6.45, 7) is 2.73. The van der Waals surface area contributed by atoms with Gasteiger partial charge in [0.15, 0.2) is 0 Å². The predicted molar refractivity (Wildman–Crippen MR) is 86.4 cm³/mol. The number of hydrogen-bond acceptors (Lipinski definition) is 1. The molecule has 2 nitrogen and oxygen atoms in total. The van der Waals surface area contributed by atoms with Crippen molar-refractivity contribution in [2.45, 2.75) is 13.5 Å². The summed E-state index contributed by atoms with van der Waals surface area (Å²) in [5, 5.41) is 4.88. The summed E-state index contributed by atoms with van der Waals surface area (Å²) < 4.78 is 15.5. The molecule has 0 aliphatic heterocycles. The number of hydrogen-bond donors (Lipinski definition) is 1. The Morgan fingerprint density at radius 2 is 1.95 bits per heavy atom. The molecule has 0 aliphatic rings. The third-order valence-corrected chi connectivity index (χ3v) is 4.05. The molecule has 0 atom stereocenters. The van der Waals surface area contributed by atoms with Crippen LogP contribution in [0.25, 0.3) is 10.9 Å². The van der Waals surface area contributed by atoms with Crippen molar-refractivity contribution in [3.8, 4) is 0 Å². The van der Waals surface area contributed by atoms with Gasteiger partial charge in [-0.3, -0.25) is 0 Å². The van der Waals surface area contributed by atoms with Crippen LogP contribution in [-0.2, 0) is 13.6 Å². The van der Waals surface area contributed by atoms with E-state index in [1.807, 2.05) is 19.2 Å². The third kappa shape index (κ3) is 2.61. The van der Waals surface area contributed by atoms with Crippen LogP contribution in [0.1, 0.15) is 11.3 Å². The lowest BCUT2D eigenvalue weighted by atomic mass is 10.1. The normalized spacial score (nSPS) is 11.0. The fourth-order valence-corrected chi connectivity index (χ4v) is 2.95. The van der Waals surface area contributed by atoms with Gasteiger partial charge in [0.1, 0.15) is 5.82 Å². The van der Waals surface area contributed by atoms with Crippen LogP contribution < -0.4 is 5.32 Å². The van der Waals surface area contributed by atoms with Crippen LogP contribution in [0.4, 0.5) is 10.1 Å². The Balaban J connectivity index is 1.92. The standard InChI is InChI=1S/C17H16ClFN2/c1-11-15-5-3-4-6-16(15)21(2)17(11)10-20-14-8-12(18)7-13(19)9-14/h3-9,20H,10H2,1-2H3. The number of nitrogens with one attached hydrogen (secondary N) is 1. The Bertz CT molecular complexity index is 749. The van der Waals surface area contributed by atoms with Gasteiger partial charge in [-0.2, -0.15) is 0 Å². The Hall–Kier alpha value is -2.00. The zero-order chi connectivity index (χ0) is 15.0. The molecule has 2 aromatic carbocycles. The second kappa shape index (κ2) is 5.41. The molecule has 3 rings (SSSR count). The molecule has 0 radical (unpaired) electrons. The van der Waals surface area contributed by atoms with Gasteiger partial charge in [-0.15, -0.1) is 0 Å². The van der Waals surface area contributed by atoms with Crippen molar-refractivity contribution < 1.29 is 4.39 Å². The lowest BCUT2D eigenvalue weighted by Gasteiger charge is -2.10. The third-order valence-electron chi connectivity index (χ3n) is 3.83. The van der Waals surface area contributed by atoms with Crippen LogP contribution in [0.15, 0.2) is 42.5 Å². The van der Waals surface area contributed by atoms with Crippen molar-refractivity contribution in [2.75, 3.05) is 5.32 Å². The highest BCUT2D eigenvalue weighted by Gasteiger charge is 2.11. The average Bonchev–Trinajstić information content (AvgIpc) is 2.69. The summed E-state index contributed by atoms with van der Waals surface area (Å²) in [7, 11) is 2.05. The van der Waals surface area contributed by atoms with E-state index in [2.05, 4.69) is 28.9 Å². The van der Waals surface area contributed by atoms with Crippen molar-refractivity contribution in [1.82, 2.24) is 4.57 Å². The van der Waals surface area contributed by atoms with Crippen molar-refractivity contribution >= 4 is 28.2 Å². The zero-order valence-corrected chi connectivity index (χ0v) is 12.7. The van der Waals surface area contributed by atoms with Gasteiger partial charge in [0.25, 0.3) is 0 Å². The largest absolute Gasteiger partial charge is 0.379 e. The average molecular weight is 303 g/mol. The number of aromatic nitrogens is 1. The molecule has 0 aliphatic carbocycles. The summed E-state index contributed by atoms with van der Waals surface area (Å²) in [6, 6.07) is 12.8. The maximum atomic E-state index is 13.4. The van der Waals surface area contributed by atoms with Gasteiger partial charge in [-0.05, 0) is 36.8 Å². The van der Waals surface area contributed by atoms with E-state index in [4.69, 9.17) is 11.6 Å².